The van der Waals surface area contributed by atoms with Crippen LogP contribution in [0.2, 0.25) is 0 Å². The highest BCUT2D eigenvalue weighted by Crippen LogP contribution is 2.75. The molecule has 3 fully saturated rings. The molecule has 2 nitrogen and oxygen atoms in total. The Kier molecular flexibility index (Phi) is 4.00. The molecule has 1 N–H and O–H groups in total. The van der Waals surface area contributed by atoms with Gasteiger partial charge in [-0.05, 0) is 104 Å². The van der Waals surface area contributed by atoms with E-state index in [1.807, 2.05) is 31.2 Å². The molecule has 4 aliphatic rings. The summed E-state index contributed by atoms with van der Waals surface area (Å²) < 4.78 is 6.66. The van der Waals surface area contributed by atoms with Gasteiger partial charge in [0.05, 0.1) is 0 Å². The van der Waals surface area contributed by atoms with Gasteiger partial charge in [-0.15, -0.1) is 0 Å². The molecule has 5 rings (SSSR count). The molecule has 1 aromatic carbocycles. The lowest BCUT2D eigenvalue weighted by Crippen LogP contribution is -2.45. The average Bonchev–Trinajstić information content (AvgIpc) is 3.25. The molecule has 0 saturated heterocycles. The molecule has 0 bridgehead atoms. The normalized spacial score (nSPS) is 39.3. The largest absolute Gasteiger partial charge is 0.508 e. The molecular formula is C25H30O2. The molecule has 0 aliphatic heterocycles. The van der Waals surface area contributed by atoms with Crippen molar-refractivity contribution in [1.29, 1.82) is 0 Å². The zero-order chi connectivity index (χ0) is 18.6. The van der Waals surface area contributed by atoms with E-state index < -0.39 is 0 Å². The van der Waals surface area contributed by atoms with E-state index in [1.54, 1.807) is 6.08 Å². The maximum absolute atomic E-state index is 9.97. The first kappa shape index (κ1) is 17.2. The molecular weight excluding hydrogens is 332 g/mol. The molecule has 2 heteroatoms. The number of allylic oxidation sites excluding steroid dienone is 4. The van der Waals surface area contributed by atoms with Gasteiger partial charge in [0.2, 0.25) is 0 Å². The Morgan fingerprint density at radius 1 is 1.26 bits per heavy atom. The van der Waals surface area contributed by atoms with Crippen LogP contribution in [0.15, 0.2) is 54.8 Å². The maximum atomic E-state index is 9.97. The van der Waals surface area contributed by atoms with Crippen LogP contribution in [0.1, 0.15) is 56.1 Å². The zero-order valence-corrected chi connectivity index (χ0v) is 16.2. The maximum Gasteiger partial charge on any atom is 0.115 e. The summed E-state index contributed by atoms with van der Waals surface area (Å²) in [6, 6.07) is 6.02. The van der Waals surface area contributed by atoms with Gasteiger partial charge in [0.15, 0.2) is 0 Å². The number of phenols is 1. The van der Waals surface area contributed by atoms with Crippen molar-refractivity contribution < 1.29 is 9.84 Å². The van der Waals surface area contributed by atoms with Gasteiger partial charge < -0.3 is 9.84 Å². The molecule has 142 valence electrons. The van der Waals surface area contributed by atoms with E-state index in [9.17, 15) is 5.11 Å². The van der Waals surface area contributed by atoms with E-state index in [0.29, 0.717) is 17.1 Å². The first-order chi connectivity index (χ1) is 13.2. The summed E-state index contributed by atoms with van der Waals surface area (Å²) in [5, 5.41) is 9.97. The summed E-state index contributed by atoms with van der Waals surface area (Å²) in [5.74, 6) is 4.37. The second-order valence-corrected chi connectivity index (χ2v) is 9.08. The smallest absolute Gasteiger partial charge is 0.115 e. The second kappa shape index (κ2) is 6.29. The third-order valence-corrected chi connectivity index (χ3v) is 8.01. The molecule has 1 aromatic rings. The van der Waals surface area contributed by atoms with Gasteiger partial charge in [0.1, 0.15) is 17.6 Å². The summed E-state index contributed by atoms with van der Waals surface area (Å²) in [6.45, 7) is 5.83. The molecule has 1 spiro atoms. The first-order valence-electron chi connectivity index (χ1n) is 10.6. The van der Waals surface area contributed by atoms with Crippen molar-refractivity contribution in [3.05, 3.63) is 66.0 Å². The number of aryl methyl sites for hydroxylation is 1. The van der Waals surface area contributed by atoms with Crippen LogP contribution in [0.4, 0.5) is 0 Å². The Morgan fingerprint density at radius 3 is 2.93 bits per heavy atom. The van der Waals surface area contributed by atoms with Gasteiger partial charge in [0.25, 0.3) is 0 Å². The van der Waals surface area contributed by atoms with E-state index in [1.165, 1.54) is 43.2 Å². The fourth-order valence-corrected chi connectivity index (χ4v) is 6.90. The number of hydrogen-bond donors (Lipinski definition) is 1. The van der Waals surface area contributed by atoms with Gasteiger partial charge in [-0.25, -0.2) is 0 Å². The summed E-state index contributed by atoms with van der Waals surface area (Å²) in [7, 11) is 0. The fraction of sp³-hybridized carbons (Fsp3) is 0.520. The van der Waals surface area contributed by atoms with Crippen molar-refractivity contribution in [2.24, 2.45) is 23.2 Å². The Labute approximate surface area is 162 Å². The second-order valence-electron chi connectivity index (χ2n) is 9.08. The van der Waals surface area contributed by atoms with E-state index >= 15 is 0 Å². The van der Waals surface area contributed by atoms with E-state index in [2.05, 4.69) is 18.7 Å². The lowest BCUT2D eigenvalue weighted by atomic mass is 9.57. The Bertz CT molecular complexity index is 820. The lowest BCUT2D eigenvalue weighted by molar-refractivity contribution is -0.0259. The first-order valence-corrected chi connectivity index (χ1v) is 10.6. The molecule has 4 aliphatic carbocycles. The predicted octanol–water partition coefficient (Wildman–Crippen LogP) is 5.89. The third-order valence-electron chi connectivity index (χ3n) is 8.01. The van der Waals surface area contributed by atoms with Crippen molar-refractivity contribution in [2.45, 2.75) is 57.5 Å². The van der Waals surface area contributed by atoms with Crippen molar-refractivity contribution >= 4 is 0 Å². The molecule has 0 heterocycles. The van der Waals surface area contributed by atoms with Crippen LogP contribution < -0.4 is 0 Å². The molecule has 6 atom stereocenters. The quantitative estimate of drug-likeness (QED) is 0.534. The zero-order valence-electron chi connectivity index (χ0n) is 16.2. The van der Waals surface area contributed by atoms with Gasteiger partial charge in [-0.3, -0.25) is 0 Å². The van der Waals surface area contributed by atoms with Gasteiger partial charge >= 0.3 is 0 Å². The molecule has 4 unspecified atom stereocenters. The molecule has 0 aromatic heterocycles. The van der Waals surface area contributed by atoms with E-state index in [4.69, 9.17) is 4.74 Å². The Morgan fingerprint density at radius 2 is 2.15 bits per heavy atom. The topological polar surface area (TPSA) is 29.5 Å². The van der Waals surface area contributed by atoms with E-state index in [-0.39, 0.29) is 6.10 Å². The minimum Gasteiger partial charge on any atom is -0.508 e. The van der Waals surface area contributed by atoms with Crippen molar-refractivity contribution in [2.75, 3.05) is 0 Å². The highest BCUT2D eigenvalue weighted by Gasteiger charge is 2.68. The monoisotopic (exact) mass is 362 g/mol. The van der Waals surface area contributed by atoms with Crippen molar-refractivity contribution in [1.82, 2.24) is 0 Å². The third kappa shape index (κ3) is 2.60. The van der Waals surface area contributed by atoms with Crippen molar-refractivity contribution in [3.8, 4) is 5.75 Å². The summed E-state index contributed by atoms with van der Waals surface area (Å²) in [5.41, 5.74) is 3.33. The highest BCUT2D eigenvalue weighted by molar-refractivity contribution is 5.41. The number of phenolic OH excluding ortho intramolecular Hbond substituents is 1. The summed E-state index contributed by atoms with van der Waals surface area (Å²) >= 11 is 0. The van der Waals surface area contributed by atoms with Crippen LogP contribution in [0.25, 0.3) is 0 Å². The van der Waals surface area contributed by atoms with Crippen LogP contribution in [0.3, 0.4) is 0 Å². The Balaban J connectivity index is 1.53. The molecule has 0 radical (unpaired) electrons. The molecule has 0 amide bonds. The van der Waals surface area contributed by atoms with Crippen LogP contribution in [-0.2, 0) is 11.2 Å². The number of hydrogen-bond acceptors (Lipinski definition) is 2. The summed E-state index contributed by atoms with van der Waals surface area (Å²) in [6.07, 6.45) is 15.9. The Hall–Kier alpha value is -1.96. The highest BCUT2D eigenvalue weighted by atomic mass is 16.5. The van der Waals surface area contributed by atoms with Crippen LogP contribution in [0.5, 0.6) is 5.75 Å². The molecule has 3 saturated carbocycles. The fourth-order valence-electron chi connectivity index (χ4n) is 6.90. The van der Waals surface area contributed by atoms with Crippen LogP contribution >= 0.6 is 0 Å². The minimum absolute atomic E-state index is 0.235. The predicted molar refractivity (Wildman–Crippen MR) is 109 cm³/mol. The SMILES string of the molecule is C=C/C=C\C(=C/C)O[C@H]1CC23CC2CCC3C2CCc3cc(O)ccc3[C@H]21. The lowest BCUT2D eigenvalue weighted by Gasteiger charge is -2.49. The van der Waals surface area contributed by atoms with E-state index in [0.717, 1.165) is 29.9 Å². The number of rotatable bonds is 4. The molecule has 27 heavy (non-hydrogen) atoms. The number of fused-ring (bicyclic) bond motifs is 4. The van der Waals surface area contributed by atoms with Crippen molar-refractivity contribution in [3.63, 3.8) is 0 Å². The van der Waals surface area contributed by atoms with Crippen LogP contribution in [-0.4, -0.2) is 11.2 Å². The minimum atomic E-state index is 0.235. The van der Waals surface area contributed by atoms with Gasteiger partial charge in [-0.2, -0.15) is 0 Å². The van der Waals surface area contributed by atoms with Gasteiger partial charge in [0, 0.05) is 5.92 Å². The summed E-state index contributed by atoms with van der Waals surface area (Å²) in [4.78, 5) is 0. The van der Waals surface area contributed by atoms with Crippen LogP contribution in [0, 0.1) is 23.2 Å². The number of ether oxygens (including phenoxy) is 1. The number of benzene rings is 1. The number of aromatic hydroxyl groups is 1. The standard InChI is InChI=1S/C25H30O2/c1-3-5-6-19(4-2)27-23-15-25-14-17(25)8-12-22(25)21-10-7-16-13-18(26)9-11-20(16)24(21)23/h3-6,9,11,13,17,21-24,26H,1,7-8,10,12,14-15H2,2H3/b6-5-,19-4+/t17?,21?,22?,23-,24+,25?/m0/s1. The van der Waals surface area contributed by atoms with Gasteiger partial charge in [-0.1, -0.05) is 24.8 Å². The average molecular weight is 363 g/mol.